The summed E-state index contributed by atoms with van der Waals surface area (Å²) < 4.78 is 0. The molecule has 1 aromatic carbocycles. The quantitative estimate of drug-likeness (QED) is 0.795. The second-order valence-corrected chi connectivity index (χ2v) is 5.53. The summed E-state index contributed by atoms with van der Waals surface area (Å²) >= 11 is 13.7. The van der Waals surface area contributed by atoms with Crippen molar-refractivity contribution in [1.82, 2.24) is 4.98 Å². The minimum atomic E-state index is 0.669. The molecule has 0 spiro atoms. The summed E-state index contributed by atoms with van der Waals surface area (Å²) in [6.07, 6.45) is 3.75. The first-order valence-electron chi connectivity index (χ1n) is 5.06. The van der Waals surface area contributed by atoms with Crippen molar-refractivity contribution in [2.75, 3.05) is 0 Å². The van der Waals surface area contributed by atoms with E-state index in [1.807, 2.05) is 18.3 Å². The van der Waals surface area contributed by atoms with Gasteiger partial charge in [-0.25, -0.2) is 4.98 Å². The van der Waals surface area contributed by atoms with Crippen LogP contribution in [0.5, 0.6) is 0 Å². The van der Waals surface area contributed by atoms with Crippen LogP contribution in [0.2, 0.25) is 10.0 Å². The molecule has 0 unspecified atom stereocenters. The number of nitrogens with zero attached hydrogens (tertiary/aromatic N) is 1. The van der Waals surface area contributed by atoms with Gasteiger partial charge in [-0.1, -0.05) is 36.2 Å². The Bertz CT molecular complexity index is 494. The Hall–Kier alpha value is -0.570. The summed E-state index contributed by atoms with van der Waals surface area (Å²) in [5, 5.41) is 2.48. The summed E-state index contributed by atoms with van der Waals surface area (Å²) in [5.74, 6) is 0. The van der Waals surface area contributed by atoms with E-state index in [1.54, 1.807) is 17.4 Å². The molecule has 0 radical (unpaired) electrons. The van der Waals surface area contributed by atoms with Crippen molar-refractivity contribution < 1.29 is 0 Å². The van der Waals surface area contributed by atoms with E-state index in [4.69, 9.17) is 23.2 Å². The molecule has 0 aliphatic rings. The minimum absolute atomic E-state index is 0.669. The molecule has 0 N–H and O–H groups in total. The zero-order chi connectivity index (χ0) is 11.5. The zero-order valence-electron chi connectivity index (χ0n) is 8.84. The van der Waals surface area contributed by atoms with Crippen LogP contribution in [0.3, 0.4) is 0 Å². The number of aromatic nitrogens is 1. The Balaban J connectivity index is 2.20. The second-order valence-electron chi connectivity index (χ2n) is 3.49. The number of aryl methyl sites for hydroxylation is 1. The van der Waals surface area contributed by atoms with Gasteiger partial charge in [0.05, 0.1) is 5.01 Å². The lowest BCUT2D eigenvalue weighted by atomic mass is 10.1. The first kappa shape index (κ1) is 11.9. The number of benzene rings is 1. The van der Waals surface area contributed by atoms with Crippen LogP contribution in [0.15, 0.2) is 24.4 Å². The maximum atomic E-state index is 6.11. The highest BCUT2D eigenvalue weighted by molar-refractivity contribution is 7.11. The molecular weight excluding hydrogens is 261 g/mol. The number of thiazole rings is 1. The van der Waals surface area contributed by atoms with E-state index in [-0.39, 0.29) is 0 Å². The molecule has 0 saturated carbocycles. The molecule has 0 aliphatic heterocycles. The van der Waals surface area contributed by atoms with Gasteiger partial charge in [-0.05, 0) is 24.1 Å². The van der Waals surface area contributed by atoms with Crippen LogP contribution >= 0.6 is 34.5 Å². The Labute approximate surface area is 109 Å². The van der Waals surface area contributed by atoms with Crippen molar-refractivity contribution in [3.05, 3.63) is 49.9 Å². The summed E-state index contributed by atoms with van der Waals surface area (Å²) in [6, 6.07) is 5.58. The molecule has 1 heterocycles. The standard InChI is InChI=1S/C12H11Cl2NS/c1-2-10-7-15-12(16-10)5-8-3-4-9(13)6-11(8)14/h3-4,6-7H,2,5H2,1H3. The number of hydrogen-bond acceptors (Lipinski definition) is 2. The van der Waals surface area contributed by atoms with Crippen LogP contribution in [0, 0.1) is 0 Å². The fourth-order valence-corrected chi connectivity index (χ4v) is 2.78. The van der Waals surface area contributed by atoms with Gasteiger partial charge < -0.3 is 0 Å². The molecule has 1 aromatic heterocycles. The van der Waals surface area contributed by atoms with Gasteiger partial charge in [-0.3, -0.25) is 0 Å². The number of hydrogen-bond donors (Lipinski definition) is 0. The van der Waals surface area contributed by atoms with Crippen molar-refractivity contribution in [1.29, 1.82) is 0 Å². The Morgan fingerprint density at radius 2 is 2.12 bits per heavy atom. The fourth-order valence-electron chi connectivity index (χ4n) is 1.42. The molecule has 2 aromatic rings. The molecule has 4 heteroatoms. The van der Waals surface area contributed by atoms with E-state index in [0.29, 0.717) is 10.0 Å². The number of halogens is 2. The smallest absolute Gasteiger partial charge is 0.0972 e. The topological polar surface area (TPSA) is 12.9 Å². The predicted octanol–water partition coefficient (Wildman–Crippen LogP) is 4.60. The number of rotatable bonds is 3. The highest BCUT2D eigenvalue weighted by Gasteiger charge is 2.06. The molecular formula is C12H11Cl2NS. The van der Waals surface area contributed by atoms with E-state index in [2.05, 4.69) is 11.9 Å². The first-order chi connectivity index (χ1) is 7.69. The maximum Gasteiger partial charge on any atom is 0.0972 e. The van der Waals surface area contributed by atoms with Crippen molar-refractivity contribution in [3.8, 4) is 0 Å². The molecule has 1 nitrogen and oxygen atoms in total. The minimum Gasteiger partial charge on any atom is -0.249 e. The van der Waals surface area contributed by atoms with Crippen LogP contribution in [-0.4, -0.2) is 4.98 Å². The zero-order valence-corrected chi connectivity index (χ0v) is 11.2. The summed E-state index contributed by atoms with van der Waals surface area (Å²) in [4.78, 5) is 5.68. The summed E-state index contributed by atoms with van der Waals surface area (Å²) in [7, 11) is 0. The van der Waals surface area contributed by atoms with E-state index < -0.39 is 0 Å². The van der Waals surface area contributed by atoms with Crippen LogP contribution in [0.25, 0.3) is 0 Å². The maximum absolute atomic E-state index is 6.11. The average Bonchev–Trinajstić information content (AvgIpc) is 2.70. The monoisotopic (exact) mass is 271 g/mol. The van der Waals surface area contributed by atoms with Gasteiger partial charge >= 0.3 is 0 Å². The molecule has 0 amide bonds. The molecule has 0 aliphatic carbocycles. The largest absolute Gasteiger partial charge is 0.249 e. The lowest BCUT2D eigenvalue weighted by molar-refractivity contribution is 1.12. The average molecular weight is 272 g/mol. The molecule has 16 heavy (non-hydrogen) atoms. The molecule has 0 saturated heterocycles. The van der Waals surface area contributed by atoms with Gasteiger partial charge in [0.25, 0.3) is 0 Å². The van der Waals surface area contributed by atoms with Gasteiger partial charge in [0.15, 0.2) is 0 Å². The van der Waals surface area contributed by atoms with Crippen LogP contribution in [0.1, 0.15) is 22.4 Å². The lowest BCUT2D eigenvalue weighted by Crippen LogP contribution is -1.87. The van der Waals surface area contributed by atoms with E-state index >= 15 is 0 Å². The fraction of sp³-hybridized carbons (Fsp3) is 0.250. The van der Waals surface area contributed by atoms with E-state index in [1.165, 1.54) is 4.88 Å². The van der Waals surface area contributed by atoms with Gasteiger partial charge in [-0.15, -0.1) is 11.3 Å². The van der Waals surface area contributed by atoms with Gasteiger partial charge in [0.1, 0.15) is 0 Å². The van der Waals surface area contributed by atoms with Crippen molar-refractivity contribution in [2.45, 2.75) is 19.8 Å². The predicted molar refractivity (Wildman–Crippen MR) is 70.8 cm³/mol. The van der Waals surface area contributed by atoms with E-state index in [9.17, 15) is 0 Å². The molecule has 2 rings (SSSR count). The Kier molecular flexibility index (Phi) is 3.85. The lowest BCUT2D eigenvalue weighted by Gasteiger charge is -2.01. The van der Waals surface area contributed by atoms with Gasteiger partial charge in [0, 0.05) is 27.5 Å². The summed E-state index contributed by atoms with van der Waals surface area (Å²) in [6.45, 7) is 2.13. The second kappa shape index (κ2) is 5.17. The molecule has 0 atom stereocenters. The van der Waals surface area contributed by atoms with Gasteiger partial charge in [-0.2, -0.15) is 0 Å². The third-order valence-corrected chi connectivity index (χ3v) is 4.04. The molecule has 84 valence electrons. The van der Waals surface area contributed by atoms with Crippen LogP contribution < -0.4 is 0 Å². The highest BCUT2D eigenvalue weighted by atomic mass is 35.5. The third kappa shape index (κ3) is 2.76. The summed E-state index contributed by atoms with van der Waals surface area (Å²) in [5.41, 5.74) is 1.07. The molecule has 0 bridgehead atoms. The SMILES string of the molecule is CCc1cnc(Cc2ccc(Cl)cc2Cl)s1. The third-order valence-electron chi connectivity index (χ3n) is 2.31. The van der Waals surface area contributed by atoms with Crippen molar-refractivity contribution in [2.24, 2.45) is 0 Å². The van der Waals surface area contributed by atoms with Crippen molar-refractivity contribution >= 4 is 34.5 Å². The van der Waals surface area contributed by atoms with E-state index in [0.717, 1.165) is 23.4 Å². The highest BCUT2D eigenvalue weighted by Crippen LogP contribution is 2.25. The first-order valence-corrected chi connectivity index (χ1v) is 6.63. The van der Waals surface area contributed by atoms with Crippen LogP contribution in [0.4, 0.5) is 0 Å². The van der Waals surface area contributed by atoms with Crippen molar-refractivity contribution in [3.63, 3.8) is 0 Å². The van der Waals surface area contributed by atoms with Gasteiger partial charge in [0.2, 0.25) is 0 Å². The van der Waals surface area contributed by atoms with Crippen LogP contribution in [-0.2, 0) is 12.8 Å². The Morgan fingerprint density at radius 1 is 1.31 bits per heavy atom. The normalized spacial score (nSPS) is 10.7. The molecule has 0 fully saturated rings. The Morgan fingerprint density at radius 3 is 2.75 bits per heavy atom.